The van der Waals surface area contributed by atoms with Crippen LogP contribution in [0.2, 0.25) is 5.28 Å². The summed E-state index contributed by atoms with van der Waals surface area (Å²) in [6, 6.07) is 1.66. The van der Waals surface area contributed by atoms with Gasteiger partial charge >= 0.3 is 0 Å². The first-order valence-corrected chi connectivity index (χ1v) is 7.16. The topological polar surface area (TPSA) is 84.0 Å². The normalized spacial score (nSPS) is 12.5. The standard InChI is InChI=1S/C9H15ClN4O2S/c1-9(2,14-17(3,15)16)6-12-7-4-5-11-8(10)13-7/h4-5,14H,6H2,1-3H3,(H,11,12,13). The van der Waals surface area contributed by atoms with Crippen molar-refractivity contribution in [2.24, 2.45) is 0 Å². The second-order valence-electron chi connectivity index (χ2n) is 4.32. The highest BCUT2D eigenvalue weighted by molar-refractivity contribution is 7.88. The molecule has 0 atom stereocenters. The molecule has 96 valence electrons. The molecule has 0 aliphatic carbocycles. The SMILES string of the molecule is CC(C)(CNc1ccnc(Cl)n1)NS(C)(=O)=O. The van der Waals surface area contributed by atoms with Crippen LogP contribution in [0.4, 0.5) is 5.82 Å². The van der Waals surface area contributed by atoms with E-state index in [1.807, 2.05) is 0 Å². The third-order valence-electron chi connectivity index (χ3n) is 1.80. The van der Waals surface area contributed by atoms with Crippen LogP contribution in [0, 0.1) is 0 Å². The lowest BCUT2D eigenvalue weighted by Crippen LogP contribution is -2.47. The molecule has 8 heteroatoms. The number of aromatic nitrogens is 2. The molecule has 1 aromatic heterocycles. The minimum Gasteiger partial charge on any atom is -0.368 e. The van der Waals surface area contributed by atoms with Crippen LogP contribution in [-0.2, 0) is 10.0 Å². The number of halogens is 1. The summed E-state index contributed by atoms with van der Waals surface area (Å²) in [7, 11) is -3.24. The zero-order valence-electron chi connectivity index (χ0n) is 9.86. The highest BCUT2D eigenvalue weighted by Crippen LogP contribution is 2.09. The van der Waals surface area contributed by atoms with Gasteiger partial charge < -0.3 is 5.32 Å². The van der Waals surface area contributed by atoms with Crippen LogP contribution in [0.15, 0.2) is 12.3 Å². The van der Waals surface area contributed by atoms with E-state index in [0.29, 0.717) is 12.4 Å². The number of hydrogen-bond donors (Lipinski definition) is 2. The summed E-state index contributed by atoms with van der Waals surface area (Å²) in [6.07, 6.45) is 2.64. The minimum absolute atomic E-state index is 0.142. The van der Waals surface area contributed by atoms with E-state index in [4.69, 9.17) is 11.6 Å². The Morgan fingerprint density at radius 2 is 2.12 bits per heavy atom. The Hall–Kier alpha value is -0.920. The molecule has 0 aliphatic rings. The van der Waals surface area contributed by atoms with Gasteiger partial charge in [-0.1, -0.05) is 0 Å². The quantitative estimate of drug-likeness (QED) is 0.781. The van der Waals surface area contributed by atoms with Crippen LogP contribution in [-0.4, -0.2) is 36.7 Å². The molecule has 17 heavy (non-hydrogen) atoms. The van der Waals surface area contributed by atoms with E-state index in [9.17, 15) is 8.42 Å². The molecule has 0 amide bonds. The number of sulfonamides is 1. The molecule has 0 radical (unpaired) electrons. The maximum Gasteiger partial charge on any atom is 0.224 e. The maximum atomic E-state index is 11.1. The first-order valence-electron chi connectivity index (χ1n) is 4.89. The van der Waals surface area contributed by atoms with E-state index < -0.39 is 15.6 Å². The van der Waals surface area contributed by atoms with Gasteiger partial charge in [0.25, 0.3) is 0 Å². The average Bonchev–Trinajstić information content (AvgIpc) is 2.11. The summed E-state index contributed by atoms with van der Waals surface area (Å²) in [4.78, 5) is 7.69. The lowest BCUT2D eigenvalue weighted by Gasteiger charge is -2.25. The van der Waals surface area contributed by atoms with Gasteiger partial charge in [0, 0.05) is 18.3 Å². The average molecular weight is 279 g/mol. The molecule has 0 spiro atoms. The molecule has 0 fully saturated rings. The van der Waals surface area contributed by atoms with Crippen molar-refractivity contribution in [2.75, 3.05) is 18.1 Å². The number of hydrogen-bond acceptors (Lipinski definition) is 5. The third kappa shape index (κ3) is 5.81. The Labute approximate surface area is 106 Å². The second-order valence-corrected chi connectivity index (χ2v) is 6.41. The zero-order chi connectivity index (χ0) is 13.1. The monoisotopic (exact) mass is 278 g/mol. The van der Waals surface area contributed by atoms with Gasteiger partial charge in [-0.3, -0.25) is 0 Å². The van der Waals surface area contributed by atoms with Crippen LogP contribution in [0.1, 0.15) is 13.8 Å². The highest BCUT2D eigenvalue weighted by atomic mass is 35.5. The van der Waals surface area contributed by atoms with Crippen LogP contribution in [0.25, 0.3) is 0 Å². The van der Waals surface area contributed by atoms with Crippen molar-refractivity contribution >= 4 is 27.4 Å². The number of rotatable bonds is 5. The van der Waals surface area contributed by atoms with Gasteiger partial charge in [0.1, 0.15) is 5.82 Å². The summed E-state index contributed by atoms with van der Waals surface area (Å²) in [5, 5.41) is 3.13. The highest BCUT2D eigenvalue weighted by Gasteiger charge is 2.21. The van der Waals surface area contributed by atoms with Crippen molar-refractivity contribution in [3.8, 4) is 0 Å². The third-order valence-corrected chi connectivity index (χ3v) is 2.90. The molecule has 0 aromatic carbocycles. The number of anilines is 1. The molecule has 1 rings (SSSR count). The molecule has 1 heterocycles. The Morgan fingerprint density at radius 3 is 2.65 bits per heavy atom. The Morgan fingerprint density at radius 1 is 1.47 bits per heavy atom. The second kappa shape index (κ2) is 5.16. The largest absolute Gasteiger partial charge is 0.368 e. The van der Waals surface area contributed by atoms with Crippen molar-refractivity contribution in [1.82, 2.24) is 14.7 Å². The van der Waals surface area contributed by atoms with Crippen molar-refractivity contribution in [2.45, 2.75) is 19.4 Å². The lowest BCUT2D eigenvalue weighted by atomic mass is 10.1. The van der Waals surface area contributed by atoms with E-state index in [-0.39, 0.29) is 5.28 Å². The van der Waals surface area contributed by atoms with Gasteiger partial charge in [-0.25, -0.2) is 23.1 Å². The summed E-state index contributed by atoms with van der Waals surface area (Å²) in [5.74, 6) is 0.549. The van der Waals surface area contributed by atoms with Crippen molar-refractivity contribution in [3.05, 3.63) is 17.5 Å². The van der Waals surface area contributed by atoms with Crippen LogP contribution in [0.5, 0.6) is 0 Å². The Balaban J connectivity index is 2.61. The Bertz CT molecular complexity index is 490. The summed E-state index contributed by atoms with van der Waals surface area (Å²) < 4.78 is 24.8. The predicted octanol–water partition coefficient (Wildman–Crippen LogP) is 0.870. The van der Waals surface area contributed by atoms with Gasteiger partial charge in [-0.15, -0.1) is 0 Å². The summed E-state index contributed by atoms with van der Waals surface area (Å²) in [5.41, 5.74) is -0.620. The molecular weight excluding hydrogens is 264 g/mol. The first kappa shape index (κ1) is 14.1. The first-order chi connectivity index (χ1) is 7.68. The van der Waals surface area contributed by atoms with E-state index in [1.165, 1.54) is 6.20 Å². The Kier molecular flexibility index (Phi) is 4.29. The molecule has 0 unspecified atom stereocenters. The van der Waals surface area contributed by atoms with Gasteiger partial charge in [0.15, 0.2) is 0 Å². The van der Waals surface area contributed by atoms with Crippen LogP contribution < -0.4 is 10.0 Å². The molecule has 1 aromatic rings. The molecule has 0 aliphatic heterocycles. The van der Waals surface area contributed by atoms with Crippen LogP contribution in [0.3, 0.4) is 0 Å². The van der Waals surface area contributed by atoms with Gasteiger partial charge in [-0.2, -0.15) is 0 Å². The number of nitrogens with one attached hydrogen (secondary N) is 2. The van der Waals surface area contributed by atoms with Crippen molar-refractivity contribution in [1.29, 1.82) is 0 Å². The zero-order valence-corrected chi connectivity index (χ0v) is 11.4. The molecule has 2 N–H and O–H groups in total. The minimum atomic E-state index is -3.24. The van der Waals surface area contributed by atoms with E-state index in [0.717, 1.165) is 6.26 Å². The maximum absolute atomic E-state index is 11.1. The fourth-order valence-corrected chi connectivity index (χ4v) is 2.51. The number of nitrogens with zero attached hydrogens (tertiary/aromatic N) is 2. The smallest absolute Gasteiger partial charge is 0.224 e. The van der Waals surface area contributed by atoms with Crippen molar-refractivity contribution < 1.29 is 8.42 Å². The fourth-order valence-electron chi connectivity index (χ4n) is 1.28. The summed E-state index contributed by atoms with van der Waals surface area (Å²) in [6.45, 7) is 3.92. The molecule has 6 nitrogen and oxygen atoms in total. The van der Waals surface area contributed by atoms with Gasteiger partial charge in [-0.05, 0) is 31.5 Å². The van der Waals surface area contributed by atoms with Gasteiger partial charge in [0.05, 0.1) is 6.26 Å². The molecule has 0 saturated carbocycles. The van der Waals surface area contributed by atoms with Gasteiger partial charge in [0.2, 0.25) is 15.3 Å². The van der Waals surface area contributed by atoms with E-state index in [2.05, 4.69) is 20.0 Å². The molecule has 0 bridgehead atoms. The predicted molar refractivity (Wildman–Crippen MR) is 67.6 cm³/mol. The fraction of sp³-hybridized carbons (Fsp3) is 0.556. The lowest BCUT2D eigenvalue weighted by molar-refractivity contribution is 0.476. The summed E-state index contributed by atoms with van der Waals surface area (Å²) >= 11 is 5.63. The molecular formula is C9H15ClN4O2S. The van der Waals surface area contributed by atoms with E-state index >= 15 is 0 Å². The van der Waals surface area contributed by atoms with Crippen LogP contribution >= 0.6 is 11.6 Å². The van der Waals surface area contributed by atoms with Crippen molar-refractivity contribution in [3.63, 3.8) is 0 Å². The van der Waals surface area contributed by atoms with E-state index in [1.54, 1.807) is 19.9 Å². The molecule has 0 saturated heterocycles.